The van der Waals surface area contributed by atoms with Gasteiger partial charge in [-0.05, 0) is 45.1 Å². The van der Waals surface area contributed by atoms with Gasteiger partial charge in [0.15, 0.2) is 0 Å². The highest BCUT2D eigenvalue weighted by atomic mass is 16.5. The zero-order chi connectivity index (χ0) is 14.4. The average molecular weight is 278 g/mol. The Morgan fingerprint density at radius 3 is 2.25 bits per heavy atom. The topological polar surface area (TPSA) is 36.3 Å². The van der Waals surface area contributed by atoms with Gasteiger partial charge in [-0.15, -0.1) is 0 Å². The lowest BCUT2D eigenvalue weighted by molar-refractivity contribution is -0.0872. The number of hydrogen-bond acceptors (Lipinski definition) is 3. The van der Waals surface area contributed by atoms with Gasteiger partial charge in [-0.2, -0.15) is 5.26 Å². The fourth-order valence-corrected chi connectivity index (χ4v) is 3.46. The number of ether oxygens (including phenoxy) is 1. The highest BCUT2D eigenvalue weighted by Crippen LogP contribution is 2.44. The number of hydrogen-bond donors (Lipinski definition) is 0. The van der Waals surface area contributed by atoms with Crippen LogP contribution < -0.4 is 0 Å². The molecule has 1 aliphatic heterocycles. The predicted molar refractivity (Wildman–Crippen MR) is 81.4 cm³/mol. The van der Waals surface area contributed by atoms with Crippen molar-refractivity contribution in [1.29, 1.82) is 5.26 Å². The van der Waals surface area contributed by atoms with Crippen molar-refractivity contribution in [2.24, 2.45) is 5.41 Å². The van der Waals surface area contributed by atoms with E-state index in [0.717, 1.165) is 45.2 Å². The van der Waals surface area contributed by atoms with E-state index in [2.05, 4.69) is 24.8 Å². The Morgan fingerprint density at radius 2 is 1.80 bits per heavy atom. The molecule has 2 fully saturated rings. The second kappa shape index (κ2) is 7.43. The maximum Gasteiger partial charge on any atom is 0.0703 e. The zero-order valence-electron chi connectivity index (χ0n) is 13.2. The molecule has 1 saturated heterocycles. The molecule has 0 bridgehead atoms. The number of rotatable bonds is 7. The van der Waals surface area contributed by atoms with E-state index < -0.39 is 0 Å². The fraction of sp³-hybridized carbons (Fsp3) is 0.941. The summed E-state index contributed by atoms with van der Waals surface area (Å²) in [5, 5.41) is 9.24. The molecule has 114 valence electrons. The molecule has 20 heavy (non-hydrogen) atoms. The van der Waals surface area contributed by atoms with Crippen molar-refractivity contribution in [3.63, 3.8) is 0 Å². The van der Waals surface area contributed by atoms with E-state index in [9.17, 15) is 5.26 Å². The van der Waals surface area contributed by atoms with Crippen LogP contribution >= 0.6 is 0 Å². The van der Waals surface area contributed by atoms with Gasteiger partial charge >= 0.3 is 0 Å². The SMILES string of the molecule is CCC1CN(CCCCC2(C#N)CCC2)CC(CC)O1. The molecule has 0 aromatic heterocycles. The van der Waals surface area contributed by atoms with Gasteiger partial charge in [-0.1, -0.05) is 26.7 Å². The summed E-state index contributed by atoms with van der Waals surface area (Å²) < 4.78 is 6.03. The lowest BCUT2D eigenvalue weighted by Crippen LogP contribution is -2.47. The van der Waals surface area contributed by atoms with Crippen LogP contribution in [0.25, 0.3) is 0 Å². The molecule has 0 N–H and O–H groups in total. The molecule has 0 aromatic carbocycles. The third-order valence-corrected chi connectivity index (χ3v) is 5.15. The number of unbranched alkanes of at least 4 members (excludes halogenated alkanes) is 1. The molecule has 3 nitrogen and oxygen atoms in total. The molecule has 1 heterocycles. The minimum atomic E-state index is 0.0584. The predicted octanol–water partition coefficient (Wildman–Crippen LogP) is 3.74. The van der Waals surface area contributed by atoms with Crippen molar-refractivity contribution in [2.75, 3.05) is 19.6 Å². The summed E-state index contributed by atoms with van der Waals surface area (Å²) in [6.45, 7) is 7.80. The third-order valence-electron chi connectivity index (χ3n) is 5.15. The van der Waals surface area contributed by atoms with E-state index in [0.29, 0.717) is 12.2 Å². The Balaban J connectivity index is 1.66. The van der Waals surface area contributed by atoms with Crippen molar-refractivity contribution in [3.8, 4) is 6.07 Å². The minimum Gasteiger partial charge on any atom is -0.372 e. The molecule has 2 atom stereocenters. The second-order valence-corrected chi connectivity index (χ2v) is 6.66. The molecule has 0 aromatic rings. The van der Waals surface area contributed by atoms with Crippen LogP contribution in [-0.2, 0) is 4.74 Å². The van der Waals surface area contributed by atoms with Gasteiger partial charge < -0.3 is 4.74 Å². The van der Waals surface area contributed by atoms with Crippen molar-refractivity contribution in [3.05, 3.63) is 0 Å². The van der Waals surface area contributed by atoms with Crippen molar-refractivity contribution < 1.29 is 4.74 Å². The first-order valence-electron chi connectivity index (χ1n) is 8.50. The van der Waals surface area contributed by atoms with Gasteiger partial charge in [0.1, 0.15) is 0 Å². The number of nitrogens with zero attached hydrogens (tertiary/aromatic N) is 2. The lowest BCUT2D eigenvalue weighted by atomic mass is 9.67. The molecule has 2 aliphatic rings. The molecular weight excluding hydrogens is 248 g/mol. The van der Waals surface area contributed by atoms with E-state index in [1.54, 1.807) is 0 Å². The monoisotopic (exact) mass is 278 g/mol. The van der Waals surface area contributed by atoms with E-state index in [1.165, 1.54) is 25.8 Å². The fourth-order valence-electron chi connectivity index (χ4n) is 3.46. The summed E-state index contributed by atoms with van der Waals surface area (Å²) in [7, 11) is 0. The number of morpholine rings is 1. The summed E-state index contributed by atoms with van der Waals surface area (Å²) in [4.78, 5) is 2.58. The van der Waals surface area contributed by atoms with Gasteiger partial charge in [0.2, 0.25) is 0 Å². The van der Waals surface area contributed by atoms with Crippen LogP contribution in [0.3, 0.4) is 0 Å². The summed E-state index contributed by atoms with van der Waals surface area (Å²) in [6, 6.07) is 2.55. The molecule has 1 saturated carbocycles. The molecule has 0 radical (unpaired) electrons. The van der Waals surface area contributed by atoms with Crippen LogP contribution in [0.2, 0.25) is 0 Å². The van der Waals surface area contributed by atoms with Crippen LogP contribution in [-0.4, -0.2) is 36.7 Å². The Morgan fingerprint density at radius 1 is 1.15 bits per heavy atom. The Labute approximate surface area is 124 Å². The van der Waals surface area contributed by atoms with Crippen LogP contribution in [0.4, 0.5) is 0 Å². The first-order chi connectivity index (χ1) is 9.71. The molecule has 0 amide bonds. The molecular formula is C17H30N2O. The van der Waals surface area contributed by atoms with E-state index >= 15 is 0 Å². The van der Waals surface area contributed by atoms with Crippen LogP contribution in [0.5, 0.6) is 0 Å². The zero-order valence-corrected chi connectivity index (χ0v) is 13.2. The summed E-state index contributed by atoms with van der Waals surface area (Å²) in [5.74, 6) is 0. The van der Waals surface area contributed by atoms with Gasteiger partial charge in [0, 0.05) is 13.1 Å². The van der Waals surface area contributed by atoms with E-state index in [1.807, 2.05) is 0 Å². The standard InChI is InChI=1S/C17H30N2O/c1-3-15-12-19(13-16(4-2)20-15)11-6-5-8-17(14-18)9-7-10-17/h15-16H,3-13H2,1-2H3. The molecule has 0 spiro atoms. The lowest BCUT2D eigenvalue weighted by Gasteiger charge is -2.38. The van der Waals surface area contributed by atoms with Crippen LogP contribution in [0.1, 0.15) is 65.2 Å². The van der Waals surface area contributed by atoms with Crippen molar-refractivity contribution in [1.82, 2.24) is 4.90 Å². The smallest absolute Gasteiger partial charge is 0.0703 e. The third kappa shape index (κ3) is 3.96. The molecule has 3 heteroatoms. The Bertz CT molecular complexity index is 320. The summed E-state index contributed by atoms with van der Waals surface area (Å²) in [5.41, 5.74) is 0.0584. The van der Waals surface area contributed by atoms with Gasteiger partial charge in [0.05, 0.1) is 23.7 Å². The minimum absolute atomic E-state index is 0.0584. The van der Waals surface area contributed by atoms with Crippen molar-refractivity contribution in [2.45, 2.75) is 77.4 Å². The molecule has 2 rings (SSSR count). The average Bonchev–Trinajstić information content (AvgIpc) is 2.45. The first kappa shape index (κ1) is 15.8. The first-order valence-corrected chi connectivity index (χ1v) is 8.50. The highest BCUT2D eigenvalue weighted by Gasteiger charge is 2.36. The van der Waals surface area contributed by atoms with Crippen molar-refractivity contribution >= 4 is 0 Å². The number of nitriles is 1. The highest BCUT2D eigenvalue weighted by molar-refractivity contribution is 5.04. The Hall–Kier alpha value is -0.590. The van der Waals surface area contributed by atoms with E-state index in [4.69, 9.17) is 4.74 Å². The van der Waals surface area contributed by atoms with Gasteiger partial charge in [-0.25, -0.2) is 0 Å². The summed E-state index contributed by atoms with van der Waals surface area (Å²) in [6.07, 6.45) is 10.2. The van der Waals surface area contributed by atoms with Gasteiger partial charge in [0.25, 0.3) is 0 Å². The van der Waals surface area contributed by atoms with Crippen LogP contribution in [0, 0.1) is 16.7 Å². The van der Waals surface area contributed by atoms with E-state index in [-0.39, 0.29) is 5.41 Å². The second-order valence-electron chi connectivity index (χ2n) is 6.66. The van der Waals surface area contributed by atoms with Crippen LogP contribution in [0.15, 0.2) is 0 Å². The molecule has 2 unspecified atom stereocenters. The Kier molecular flexibility index (Phi) is 5.86. The van der Waals surface area contributed by atoms with Gasteiger partial charge in [-0.3, -0.25) is 4.90 Å². The quantitative estimate of drug-likeness (QED) is 0.666. The molecule has 1 aliphatic carbocycles. The summed E-state index contributed by atoms with van der Waals surface area (Å²) >= 11 is 0. The maximum absolute atomic E-state index is 9.24. The normalized spacial score (nSPS) is 29.6. The largest absolute Gasteiger partial charge is 0.372 e. The maximum atomic E-state index is 9.24.